The number of benzene rings is 3. The number of rotatable bonds is 10. The maximum absolute atomic E-state index is 13.2. The first-order valence-electron chi connectivity index (χ1n) is 10.7. The van der Waals surface area contributed by atoms with Gasteiger partial charge in [-0.15, -0.1) is 0 Å². The molecule has 0 amide bonds. The van der Waals surface area contributed by atoms with Gasteiger partial charge in [-0.1, -0.05) is 30.3 Å². The largest absolute Gasteiger partial charge is 0.493 e. The average molecular weight is 474 g/mol. The molecule has 0 heterocycles. The normalized spacial score (nSPS) is 12.1. The number of carboxylic acid groups (broad SMARTS) is 1. The van der Waals surface area contributed by atoms with Gasteiger partial charge in [0.15, 0.2) is 11.5 Å². The van der Waals surface area contributed by atoms with Crippen LogP contribution in [0.5, 0.6) is 23.0 Å². The highest BCUT2D eigenvalue weighted by atomic mass is 19.4. The summed E-state index contributed by atoms with van der Waals surface area (Å²) in [5.41, 5.74) is 0.666. The summed E-state index contributed by atoms with van der Waals surface area (Å²) < 4.78 is 57.0. The van der Waals surface area contributed by atoms with Crippen LogP contribution in [0, 0.1) is 6.92 Å². The fourth-order valence-corrected chi connectivity index (χ4v) is 3.25. The van der Waals surface area contributed by atoms with E-state index < -0.39 is 17.7 Å². The predicted molar refractivity (Wildman–Crippen MR) is 121 cm³/mol. The van der Waals surface area contributed by atoms with Crippen LogP contribution in [0.25, 0.3) is 0 Å². The molecule has 0 aliphatic carbocycles. The molecule has 0 aliphatic heterocycles. The molecule has 0 radical (unpaired) electrons. The van der Waals surface area contributed by atoms with Crippen molar-refractivity contribution in [3.63, 3.8) is 0 Å². The zero-order valence-electron chi connectivity index (χ0n) is 18.8. The van der Waals surface area contributed by atoms with Crippen molar-refractivity contribution in [2.45, 2.75) is 39.0 Å². The maximum Gasteiger partial charge on any atom is 0.416 e. The molecule has 0 spiro atoms. The molecule has 0 fully saturated rings. The Bertz CT molecular complexity index is 1110. The summed E-state index contributed by atoms with van der Waals surface area (Å²) in [6.45, 7) is 3.92. The van der Waals surface area contributed by atoms with E-state index in [1.54, 1.807) is 55.5 Å². The number of hydrogen-bond donors (Lipinski definition) is 1. The molecule has 0 saturated heterocycles. The molecular weight excluding hydrogens is 449 g/mol. The molecule has 1 N–H and O–H groups in total. The second kappa shape index (κ2) is 11.0. The van der Waals surface area contributed by atoms with Gasteiger partial charge in [-0.25, -0.2) is 0 Å². The van der Waals surface area contributed by atoms with Crippen LogP contribution in [-0.4, -0.2) is 23.8 Å². The van der Waals surface area contributed by atoms with E-state index in [0.717, 1.165) is 17.7 Å². The summed E-state index contributed by atoms with van der Waals surface area (Å²) >= 11 is 0. The number of aliphatic carboxylic acids is 1. The van der Waals surface area contributed by atoms with Gasteiger partial charge in [-0.2, -0.15) is 13.2 Å². The summed E-state index contributed by atoms with van der Waals surface area (Å²) in [5, 5.41) is 8.90. The van der Waals surface area contributed by atoms with Crippen LogP contribution < -0.4 is 14.2 Å². The van der Waals surface area contributed by atoms with Gasteiger partial charge < -0.3 is 19.3 Å². The first kappa shape index (κ1) is 25.0. The Hall–Kier alpha value is -3.68. The fraction of sp³-hybridized carbons (Fsp3) is 0.269. The van der Waals surface area contributed by atoms with E-state index in [-0.39, 0.29) is 24.0 Å². The van der Waals surface area contributed by atoms with Gasteiger partial charge in [0.05, 0.1) is 24.7 Å². The molecule has 180 valence electrons. The first-order chi connectivity index (χ1) is 16.1. The molecule has 34 heavy (non-hydrogen) atoms. The lowest BCUT2D eigenvalue weighted by Gasteiger charge is -2.19. The van der Waals surface area contributed by atoms with Crippen molar-refractivity contribution >= 4 is 5.97 Å². The molecule has 3 aromatic carbocycles. The predicted octanol–water partition coefficient (Wildman–Crippen LogP) is 6.67. The number of halogens is 3. The van der Waals surface area contributed by atoms with E-state index in [2.05, 4.69) is 0 Å². The number of ether oxygens (including phenoxy) is 3. The molecule has 0 aromatic heterocycles. The SMILES string of the molecule is Cc1cc(CC(=O)O)ccc1OCC[C@@H](C)Oc1ccc(C(F)(F)F)cc1Oc1ccccc1. The Labute approximate surface area is 195 Å². The van der Waals surface area contributed by atoms with Crippen molar-refractivity contribution in [3.05, 3.63) is 83.4 Å². The molecule has 5 nitrogen and oxygen atoms in total. The van der Waals surface area contributed by atoms with Crippen LogP contribution in [0.4, 0.5) is 13.2 Å². The second-order valence-electron chi connectivity index (χ2n) is 7.81. The van der Waals surface area contributed by atoms with Gasteiger partial charge in [0.2, 0.25) is 0 Å². The van der Waals surface area contributed by atoms with Crippen LogP contribution in [0.3, 0.4) is 0 Å². The minimum absolute atomic E-state index is 0.0290. The van der Waals surface area contributed by atoms with Gasteiger partial charge in [-0.3, -0.25) is 4.79 Å². The highest BCUT2D eigenvalue weighted by Crippen LogP contribution is 2.38. The van der Waals surface area contributed by atoms with E-state index in [4.69, 9.17) is 19.3 Å². The Morgan fingerprint density at radius 2 is 1.68 bits per heavy atom. The monoisotopic (exact) mass is 474 g/mol. The van der Waals surface area contributed by atoms with Crippen LogP contribution in [0.1, 0.15) is 30.0 Å². The van der Waals surface area contributed by atoms with Crippen LogP contribution in [-0.2, 0) is 17.4 Å². The highest BCUT2D eigenvalue weighted by Gasteiger charge is 2.31. The molecule has 0 saturated carbocycles. The number of para-hydroxylation sites is 1. The lowest BCUT2D eigenvalue weighted by Crippen LogP contribution is -2.16. The quantitative estimate of drug-likeness (QED) is 0.356. The van der Waals surface area contributed by atoms with Gasteiger partial charge in [0.1, 0.15) is 11.5 Å². The summed E-state index contributed by atoms with van der Waals surface area (Å²) in [6, 6.07) is 16.8. The first-order valence-corrected chi connectivity index (χ1v) is 10.7. The van der Waals surface area contributed by atoms with Crippen molar-refractivity contribution in [1.29, 1.82) is 0 Å². The zero-order valence-corrected chi connectivity index (χ0v) is 18.8. The molecule has 3 aromatic rings. The van der Waals surface area contributed by atoms with E-state index >= 15 is 0 Å². The van der Waals surface area contributed by atoms with Crippen molar-refractivity contribution in [2.24, 2.45) is 0 Å². The van der Waals surface area contributed by atoms with Crippen molar-refractivity contribution in [1.82, 2.24) is 0 Å². The number of hydrogen-bond acceptors (Lipinski definition) is 4. The van der Waals surface area contributed by atoms with Crippen molar-refractivity contribution in [3.8, 4) is 23.0 Å². The lowest BCUT2D eigenvalue weighted by atomic mass is 10.1. The van der Waals surface area contributed by atoms with Crippen molar-refractivity contribution < 1.29 is 37.3 Å². The summed E-state index contributed by atoms with van der Waals surface area (Å²) in [6.07, 6.45) is -4.49. The molecule has 0 bridgehead atoms. The van der Waals surface area contributed by atoms with E-state index in [1.165, 1.54) is 6.07 Å². The van der Waals surface area contributed by atoms with E-state index in [1.807, 2.05) is 6.92 Å². The van der Waals surface area contributed by atoms with Crippen LogP contribution in [0.15, 0.2) is 66.7 Å². The third-order valence-electron chi connectivity index (χ3n) is 4.95. The molecule has 0 aliphatic rings. The highest BCUT2D eigenvalue weighted by molar-refractivity contribution is 5.70. The summed E-state index contributed by atoms with van der Waals surface area (Å²) in [4.78, 5) is 10.8. The van der Waals surface area contributed by atoms with Gasteiger partial charge in [0.25, 0.3) is 0 Å². The van der Waals surface area contributed by atoms with Crippen molar-refractivity contribution in [2.75, 3.05) is 6.61 Å². The molecule has 8 heteroatoms. The number of carbonyl (C=O) groups is 1. The molecule has 0 unspecified atom stereocenters. The van der Waals surface area contributed by atoms with E-state index in [0.29, 0.717) is 30.1 Å². The molecule has 1 atom stereocenters. The minimum Gasteiger partial charge on any atom is -0.493 e. The Balaban J connectivity index is 1.64. The maximum atomic E-state index is 13.2. The Morgan fingerprint density at radius 3 is 2.32 bits per heavy atom. The topological polar surface area (TPSA) is 65.0 Å². The standard InChI is InChI=1S/C26H25F3O5/c1-17-14-19(15-25(30)31)8-10-22(17)32-13-12-18(2)33-23-11-9-20(26(27,28)29)16-24(23)34-21-6-4-3-5-7-21/h3-11,14,16,18H,12-13,15H2,1-2H3,(H,30,31)/t18-/m1/s1. The summed E-state index contributed by atoms with van der Waals surface area (Å²) in [7, 11) is 0. The van der Waals surface area contributed by atoms with Gasteiger partial charge in [0, 0.05) is 6.42 Å². The fourth-order valence-electron chi connectivity index (χ4n) is 3.25. The third kappa shape index (κ3) is 7.16. The third-order valence-corrected chi connectivity index (χ3v) is 4.95. The lowest BCUT2D eigenvalue weighted by molar-refractivity contribution is -0.138. The van der Waals surface area contributed by atoms with Crippen LogP contribution in [0.2, 0.25) is 0 Å². The van der Waals surface area contributed by atoms with Crippen LogP contribution >= 0.6 is 0 Å². The second-order valence-corrected chi connectivity index (χ2v) is 7.81. The molecule has 3 rings (SSSR count). The average Bonchev–Trinajstić information content (AvgIpc) is 2.76. The minimum atomic E-state index is -4.51. The van der Waals surface area contributed by atoms with Gasteiger partial charge in [-0.05, 0) is 61.4 Å². The smallest absolute Gasteiger partial charge is 0.416 e. The zero-order chi connectivity index (χ0) is 24.7. The van der Waals surface area contributed by atoms with Gasteiger partial charge >= 0.3 is 12.1 Å². The van der Waals surface area contributed by atoms with E-state index in [9.17, 15) is 18.0 Å². The Kier molecular flexibility index (Phi) is 8.04. The number of alkyl halides is 3. The molecular formula is C26H25F3O5. The number of carboxylic acids is 1. The number of aryl methyl sites for hydroxylation is 1. The summed E-state index contributed by atoms with van der Waals surface area (Å²) in [5.74, 6) is 0.281. The Morgan fingerprint density at radius 1 is 0.971 bits per heavy atom.